The molecule has 0 aliphatic heterocycles. The van der Waals surface area contributed by atoms with Gasteiger partial charge in [0.25, 0.3) is 0 Å². The van der Waals surface area contributed by atoms with Crippen LogP contribution < -0.4 is 0 Å². The van der Waals surface area contributed by atoms with E-state index in [2.05, 4.69) is 33.8 Å². The Morgan fingerprint density at radius 1 is 1.14 bits per heavy atom. The van der Waals surface area contributed by atoms with Crippen LogP contribution in [0.15, 0.2) is 6.07 Å². The number of fused-ring (bicyclic) bond motifs is 1. The van der Waals surface area contributed by atoms with E-state index in [1.165, 1.54) is 30.4 Å². The molecule has 1 aromatic rings. The van der Waals surface area contributed by atoms with Crippen molar-refractivity contribution >= 4 is 0 Å². The topological polar surface area (TPSA) is 0 Å². The molecule has 0 nitrogen and oxygen atoms in total. The summed E-state index contributed by atoms with van der Waals surface area (Å²) in [5.41, 5.74) is 7.78. The van der Waals surface area contributed by atoms with Gasteiger partial charge >= 0.3 is 0 Å². The lowest BCUT2D eigenvalue weighted by Gasteiger charge is -2.26. The summed E-state index contributed by atoms with van der Waals surface area (Å²) < 4.78 is 0. The molecule has 1 aromatic carbocycles. The van der Waals surface area contributed by atoms with Crippen LogP contribution in [0.4, 0.5) is 0 Å². The molecule has 0 N–H and O–H groups in total. The third-order valence-electron chi connectivity index (χ3n) is 3.92. The van der Waals surface area contributed by atoms with E-state index < -0.39 is 0 Å². The molecule has 1 atom stereocenters. The second-order valence-electron chi connectivity index (χ2n) is 4.80. The van der Waals surface area contributed by atoms with Crippen molar-refractivity contribution in [1.82, 2.24) is 0 Å². The summed E-state index contributed by atoms with van der Waals surface area (Å²) in [5, 5.41) is 0. The zero-order valence-corrected chi connectivity index (χ0v) is 9.78. The fraction of sp³-hybridized carbons (Fsp3) is 0.571. The summed E-state index contributed by atoms with van der Waals surface area (Å²) in [6.07, 6.45) is 4.04. The number of aryl methyl sites for hydroxylation is 1. The van der Waals surface area contributed by atoms with Gasteiger partial charge in [0.2, 0.25) is 0 Å². The van der Waals surface area contributed by atoms with Crippen molar-refractivity contribution in [3.05, 3.63) is 33.9 Å². The fourth-order valence-electron chi connectivity index (χ4n) is 2.68. The third kappa shape index (κ3) is 1.37. The lowest BCUT2D eigenvalue weighted by atomic mass is 9.79. The molecule has 76 valence electrons. The van der Waals surface area contributed by atoms with E-state index in [1.807, 2.05) is 0 Å². The maximum absolute atomic E-state index is 2.42. The summed E-state index contributed by atoms with van der Waals surface area (Å²) in [4.78, 5) is 0. The van der Waals surface area contributed by atoms with E-state index in [0.29, 0.717) is 0 Å². The first-order chi connectivity index (χ1) is 6.61. The first-order valence-corrected chi connectivity index (χ1v) is 5.71. The number of rotatable bonds is 0. The molecule has 2 rings (SSSR count). The minimum absolute atomic E-state index is 0.775. The van der Waals surface area contributed by atoms with Crippen molar-refractivity contribution in [3.63, 3.8) is 0 Å². The lowest BCUT2D eigenvalue weighted by molar-refractivity contribution is 0.587. The largest absolute Gasteiger partial charge is 0.0584 e. The molecule has 0 saturated carbocycles. The Bertz CT molecular complexity index is 361. The highest BCUT2D eigenvalue weighted by Gasteiger charge is 2.19. The Labute approximate surface area is 87.3 Å². The number of hydrogen-bond acceptors (Lipinski definition) is 0. The van der Waals surface area contributed by atoms with Crippen LogP contribution in [-0.2, 0) is 6.42 Å². The molecular formula is C14H20. The van der Waals surface area contributed by atoms with Crippen LogP contribution in [-0.4, -0.2) is 0 Å². The van der Waals surface area contributed by atoms with Gasteiger partial charge in [-0.3, -0.25) is 0 Å². The van der Waals surface area contributed by atoms with E-state index in [1.54, 1.807) is 16.7 Å². The van der Waals surface area contributed by atoms with Gasteiger partial charge in [0.1, 0.15) is 0 Å². The molecule has 0 bridgehead atoms. The molecular weight excluding hydrogens is 168 g/mol. The quantitative estimate of drug-likeness (QED) is 0.576. The van der Waals surface area contributed by atoms with E-state index in [-0.39, 0.29) is 0 Å². The smallest absolute Gasteiger partial charge is 0.0187 e. The van der Waals surface area contributed by atoms with Crippen LogP contribution in [0.2, 0.25) is 0 Å². The first-order valence-electron chi connectivity index (χ1n) is 5.71. The molecule has 0 heteroatoms. The lowest BCUT2D eigenvalue weighted by Crippen LogP contribution is -2.10. The molecule has 0 heterocycles. The van der Waals surface area contributed by atoms with Crippen molar-refractivity contribution in [2.75, 3.05) is 0 Å². The maximum Gasteiger partial charge on any atom is -0.0187 e. The molecule has 0 amide bonds. The standard InChI is InChI=1S/C14H20/c1-9-6-5-7-13-12(4)11(3)10(2)8-14(9)13/h8-9H,5-7H2,1-4H3. The Morgan fingerprint density at radius 3 is 2.57 bits per heavy atom. The third-order valence-corrected chi connectivity index (χ3v) is 3.92. The Hall–Kier alpha value is -0.780. The van der Waals surface area contributed by atoms with Crippen LogP contribution in [0.3, 0.4) is 0 Å². The van der Waals surface area contributed by atoms with Crippen molar-refractivity contribution in [3.8, 4) is 0 Å². The van der Waals surface area contributed by atoms with Gasteiger partial charge in [0.05, 0.1) is 0 Å². The van der Waals surface area contributed by atoms with Gasteiger partial charge in [-0.2, -0.15) is 0 Å². The first kappa shape index (κ1) is 9.76. The number of benzene rings is 1. The summed E-state index contributed by atoms with van der Waals surface area (Å²) in [6, 6.07) is 2.42. The van der Waals surface area contributed by atoms with Gasteiger partial charge in [-0.1, -0.05) is 13.0 Å². The second kappa shape index (κ2) is 3.42. The Kier molecular flexibility index (Phi) is 2.38. The average Bonchev–Trinajstić information content (AvgIpc) is 2.17. The Balaban J connectivity index is 2.63. The van der Waals surface area contributed by atoms with Crippen LogP contribution in [0.5, 0.6) is 0 Å². The monoisotopic (exact) mass is 188 g/mol. The summed E-state index contributed by atoms with van der Waals surface area (Å²) in [7, 11) is 0. The van der Waals surface area contributed by atoms with Gasteiger partial charge in [0, 0.05) is 0 Å². The maximum atomic E-state index is 2.42. The van der Waals surface area contributed by atoms with E-state index in [0.717, 1.165) is 5.92 Å². The molecule has 0 saturated heterocycles. The predicted molar refractivity (Wildman–Crippen MR) is 62.0 cm³/mol. The zero-order chi connectivity index (χ0) is 10.3. The van der Waals surface area contributed by atoms with Gasteiger partial charge in [0.15, 0.2) is 0 Å². The summed E-state index contributed by atoms with van der Waals surface area (Å²) >= 11 is 0. The highest BCUT2D eigenvalue weighted by Crippen LogP contribution is 2.35. The molecule has 14 heavy (non-hydrogen) atoms. The summed E-state index contributed by atoms with van der Waals surface area (Å²) in [5.74, 6) is 0.775. The average molecular weight is 188 g/mol. The van der Waals surface area contributed by atoms with Gasteiger partial charge < -0.3 is 0 Å². The predicted octanol–water partition coefficient (Wildman–Crippen LogP) is 4.05. The molecule has 0 fully saturated rings. The Morgan fingerprint density at radius 2 is 1.86 bits per heavy atom. The van der Waals surface area contributed by atoms with Crippen molar-refractivity contribution in [1.29, 1.82) is 0 Å². The molecule has 0 aromatic heterocycles. The SMILES string of the molecule is Cc1cc2c(c(C)c1C)CCCC2C. The molecule has 1 unspecified atom stereocenters. The molecule has 1 aliphatic rings. The zero-order valence-electron chi connectivity index (χ0n) is 9.78. The highest BCUT2D eigenvalue weighted by atomic mass is 14.2. The van der Waals surface area contributed by atoms with E-state index in [4.69, 9.17) is 0 Å². The van der Waals surface area contributed by atoms with Crippen molar-refractivity contribution in [2.45, 2.75) is 52.9 Å². The molecule has 0 spiro atoms. The number of hydrogen-bond donors (Lipinski definition) is 0. The van der Waals surface area contributed by atoms with Crippen molar-refractivity contribution < 1.29 is 0 Å². The van der Waals surface area contributed by atoms with Gasteiger partial charge in [-0.25, -0.2) is 0 Å². The molecule has 1 aliphatic carbocycles. The van der Waals surface area contributed by atoms with Crippen LogP contribution >= 0.6 is 0 Å². The second-order valence-corrected chi connectivity index (χ2v) is 4.80. The van der Waals surface area contributed by atoms with Crippen LogP contribution in [0, 0.1) is 20.8 Å². The normalized spacial score (nSPS) is 20.7. The van der Waals surface area contributed by atoms with Gasteiger partial charge in [-0.05, 0) is 73.8 Å². The minimum Gasteiger partial charge on any atom is -0.0584 e. The van der Waals surface area contributed by atoms with E-state index >= 15 is 0 Å². The van der Waals surface area contributed by atoms with Crippen molar-refractivity contribution in [2.24, 2.45) is 0 Å². The minimum atomic E-state index is 0.775. The fourth-order valence-corrected chi connectivity index (χ4v) is 2.68. The molecule has 0 radical (unpaired) electrons. The summed E-state index contributed by atoms with van der Waals surface area (Å²) in [6.45, 7) is 9.15. The van der Waals surface area contributed by atoms with E-state index in [9.17, 15) is 0 Å². The van der Waals surface area contributed by atoms with Crippen LogP contribution in [0.1, 0.15) is 53.5 Å². The van der Waals surface area contributed by atoms with Crippen LogP contribution in [0.25, 0.3) is 0 Å². The van der Waals surface area contributed by atoms with Gasteiger partial charge in [-0.15, -0.1) is 0 Å². The highest BCUT2D eigenvalue weighted by molar-refractivity contribution is 5.46.